The molecule has 0 aliphatic rings. The zero-order chi connectivity index (χ0) is 14.0. The maximum atomic E-state index is 6.07. The maximum Gasteiger partial charge on any atom is 0.147 e. The number of ether oxygens (including phenoxy) is 1. The number of benzene rings is 2. The highest BCUT2D eigenvalue weighted by Gasteiger charge is 2.09. The first kappa shape index (κ1) is 15.0. The fourth-order valence-corrected chi connectivity index (χ4v) is 2.80. The summed E-state index contributed by atoms with van der Waals surface area (Å²) in [6, 6.07) is 9.03. The monoisotopic (exact) mass is 378 g/mol. The van der Waals surface area contributed by atoms with Crippen LogP contribution < -0.4 is 4.74 Å². The van der Waals surface area contributed by atoms with E-state index in [1.165, 1.54) is 5.56 Å². The molecule has 0 aliphatic carbocycles. The van der Waals surface area contributed by atoms with Crippen molar-refractivity contribution in [2.24, 2.45) is 0 Å². The molecule has 0 atom stereocenters. The lowest BCUT2D eigenvalue weighted by molar-refractivity contribution is 0.482. The minimum atomic E-state index is 0.407. The van der Waals surface area contributed by atoms with Crippen molar-refractivity contribution in [1.29, 1.82) is 0 Å². The third-order valence-corrected chi connectivity index (χ3v) is 4.28. The van der Waals surface area contributed by atoms with Gasteiger partial charge in [0.15, 0.2) is 0 Å². The largest absolute Gasteiger partial charge is 0.456 e. The van der Waals surface area contributed by atoms with Gasteiger partial charge in [0.1, 0.15) is 11.5 Å². The van der Waals surface area contributed by atoms with Gasteiger partial charge in [0.25, 0.3) is 0 Å². The van der Waals surface area contributed by atoms with Crippen molar-refractivity contribution < 1.29 is 4.74 Å². The van der Waals surface area contributed by atoms with Crippen molar-refractivity contribution in [1.82, 2.24) is 0 Å². The molecule has 0 amide bonds. The van der Waals surface area contributed by atoms with Crippen LogP contribution in [0.15, 0.2) is 30.3 Å². The second-order valence-corrected chi connectivity index (χ2v) is 5.80. The average molecular weight is 380 g/mol. The van der Waals surface area contributed by atoms with Gasteiger partial charge in [-0.15, -0.1) is 0 Å². The molecule has 0 aromatic heterocycles. The highest BCUT2D eigenvalue weighted by molar-refractivity contribution is 9.08. The summed E-state index contributed by atoms with van der Waals surface area (Å²) >= 11 is 21.3. The van der Waals surface area contributed by atoms with Crippen LogP contribution in [-0.4, -0.2) is 0 Å². The zero-order valence-corrected chi connectivity index (χ0v) is 13.9. The fraction of sp³-hybridized carbons (Fsp3) is 0.143. The Hall–Kier alpha value is -0.410. The molecule has 100 valence electrons. The first-order valence-electron chi connectivity index (χ1n) is 5.49. The van der Waals surface area contributed by atoms with Gasteiger partial charge in [-0.2, -0.15) is 0 Å². The highest BCUT2D eigenvalue weighted by Crippen LogP contribution is 2.36. The van der Waals surface area contributed by atoms with Gasteiger partial charge in [0.05, 0.1) is 15.1 Å². The van der Waals surface area contributed by atoms with Crippen LogP contribution in [0.4, 0.5) is 0 Å². The lowest BCUT2D eigenvalue weighted by Crippen LogP contribution is -1.89. The molecule has 0 fully saturated rings. The average Bonchev–Trinajstić information content (AvgIpc) is 2.36. The normalized spacial score (nSPS) is 10.6. The van der Waals surface area contributed by atoms with E-state index in [-0.39, 0.29) is 0 Å². The number of hydrogen-bond donors (Lipinski definition) is 0. The van der Waals surface area contributed by atoms with Crippen LogP contribution in [0.25, 0.3) is 0 Å². The lowest BCUT2D eigenvalue weighted by Gasteiger charge is -2.11. The van der Waals surface area contributed by atoms with Gasteiger partial charge in [-0.3, -0.25) is 0 Å². The molecule has 5 heteroatoms. The van der Waals surface area contributed by atoms with Crippen molar-refractivity contribution in [3.63, 3.8) is 0 Å². The summed E-state index contributed by atoms with van der Waals surface area (Å²) < 4.78 is 5.73. The van der Waals surface area contributed by atoms with Crippen molar-refractivity contribution in [3.05, 3.63) is 56.5 Å². The molecule has 0 aliphatic heterocycles. The summed E-state index contributed by atoms with van der Waals surface area (Å²) in [6.07, 6.45) is 0. The standard InChI is InChI=1S/C14H10BrCl3O/c1-8-4-10(3-2-9(8)7-15)19-14-6-12(17)11(16)5-13(14)18/h2-6H,7H2,1H3. The summed E-state index contributed by atoms with van der Waals surface area (Å²) in [6.45, 7) is 2.03. The smallest absolute Gasteiger partial charge is 0.147 e. The zero-order valence-electron chi connectivity index (χ0n) is 10.0. The minimum absolute atomic E-state index is 0.407. The van der Waals surface area contributed by atoms with Crippen LogP contribution >= 0.6 is 50.7 Å². The van der Waals surface area contributed by atoms with E-state index in [2.05, 4.69) is 15.9 Å². The third-order valence-electron chi connectivity index (χ3n) is 2.66. The maximum absolute atomic E-state index is 6.07. The Morgan fingerprint density at radius 1 is 1.00 bits per heavy atom. The van der Waals surface area contributed by atoms with Gasteiger partial charge in [-0.1, -0.05) is 56.8 Å². The van der Waals surface area contributed by atoms with Gasteiger partial charge < -0.3 is 4.74 Å². The molecular weight excluding hydrogens is 370 g/mol. The van der Waals surface area contributed by atoms with Crippen LogP contribution in [0.1, 0.15) is 11.1 Å². The Morgan fingerprint density at radius 2 is 1.68 bits per heavy atom. The Labute approximate surface area is 135 Å². The van der Waals surface area contributed by atoms with Gasteiger partial charge >= 0.3 is 0 Å². The molecule has 0 heterocycles. The SMILES string of the molecule is Cc1cc(Oc2cc(Cl)c(Cl)cc2Cl)ccc1CBr. The van der Waals surface area contributed by atoms with Crippen LogP contribution in [0.2, 0.25) is 15.1 Å². The van der Waals surface area contributed by atoms with Gasteiger partial charge in [-0.05, 0) is 36.2 Å². The second kappa shape index (κ2) is 6.36. The van der Waals surface area contributed by atoms with Crippen molar-refractivity contribution in [3.8, 4) is 11.5 Å². The van der Waals surface area contributed by atoms with Crippen molar-refractivity contribution in [2.45, 2.75) is 12.3 Å². The van der Waals surface area contributed by atoms with E-state index in [0.29, 0.717) is 26.6 Å². The summed E-state index contributed by atoms with van der Waals surface area (Å²) in [4.78, 5) is 0. The van der Waals surface area contributed by atoms with Gasteiger partial charge in [0.2, 0.25) is 0 Å². The molecular formula is C14H10BrCl3O. The van der Waals surface area contributed by atoms with Crippen molar-refractivity contribution >= 4 is 50.7 Å². The van der Waals surface area contributed by atoms with Crippen LogP contribution in [0, 0.1) is 6.92 Å². The first-order chi connectivity index (χ1) is 9.01. The third kappa shape index (κ3) is 3.57. The summed E-state index contributed by atoms with van der Waals surface area (Å²) in [5.74, 6) is 1.20. The van der Waals surface area contributed by atoms with E-state index in [4.69, 9.17) is 39.5 Å². The van der Waals surface area contributed by atoms with Crippen molar-refractivity contribution in [2.75, 3.05) is 0 Å². The second-order valence-electron chi connectivity index (χ2n) is 4.02. The predicted molar refractivity (Wildman–Crippen MR) is 85.4 cm³/mol. The molecule has 0 radical (unpaired) electrons. The predicted octanol–water partition coefficient (Wildman–Crippen LogP) is 6.64. The van der Waals surface area contributed by atoms with Crippen LogP contribution in [0.3, 0.4) is 0 Å². The molecule has 0 spiro atoms. The fourth-order valence-electron chi connectivity index (χ4n) is 1.59. The van der Waals surface area contributed by atoms with E-state index >= 15 is 0 Å². The first-order valence-corrected chi connectivity index (χ1v) is 7.74. The minimum Gasteiger partial charge on any atom is -0.456 e. The molecule has 2 aromatic carbocycles. The number of rotatable bonds is 3. The van der Waals surface area contributed by atoms with E-state index in [1.807, 2.05) is 25.1 Å². The summed E-state index contributed by atoms with van der Waals surface area (Å²) in [5.41, 5.74) is 2.36. The lowest BCUT2D eigenvalue weighted by atomic mass is 10.1. The molecule has 0 saturated heterocycles. The van der Waals surface area contributed by atoms with E-state index in [1.54, 1.807) is 12.1 Å². The van der Waals surface area contributed by atoms with Gasteiger partial charge in [0, 0.05) is 11.4 Å². The van der Waals surface area contributed by atoms with E-state index < -0.39 is 0 Å². The number of alkyl halides is 1. The topological polar surface area (TPSA) is 9.23 Å². The molecule has 2 aromatic rings. The molecule has 0 saturated carbocycles. The van der Waals surface area contributed by atoms with Crippen LogP contribution in [0.5, 0.6) is 11.5 Å². The van der Waals surface area contributed by atoms with E-state index in [0.717, 1.165) is 10.9 Å². The van der Waals surface area contributed by atoms with Gasteiger partial charge in [-0.25, -0.2) is 0 Å². The Balaban J connectivity index is 2.31. The molecule has 1 nitrogen and oxygen atoms in total. The Bertz CT molecular complexity index is 614. The molecule has 19 heavy (non-hydrogen) atoms. The molecule has 2 rings (SSSR count). The number of hydrogen-bond acceptors (Lipinski definition) is 1. The summed E-state index contributed by atoms with van der Waals surface area (Å²) in [5, 5.41) is 2.06. The molecule has 0 N–H and O–H groups in total. The Kier molecular flexibility index (Phi) is 5.02. The quantitative estimate of drug-likeness (QED) is 0.428. The Morgan fingerprint density at radius 3 is 2.32 bits per heavy atom. The van der Waals surface area contributed by atoms with E-state index in [9.17, 15) is 0 Å². The summed E-state index contributed by atoms with van der Waals surface area (Å²) in [7, 11) is 0. The molecule has 0 unspecified atom stereocenters. The highest BCUT2D eigenvalue weighted by atomic mass is 79.9. The number of halogens is 4. The van der Waals surface area contributed by atoms with Crippen LogP contribution in [-0.2, 0) is 5.33 Å². The molecule has 0 bridgehead atoms. The number of aryl methyl sites for hydroxylation is 1.